The van der Waals surface area contributed by atoms with E-state index in [0.29, 0.717) is 6.04 Å². The molecule has 0 spiro atoms. The van der Waals surface area contributed by atoms with Gasteiger partial charge in [-0.25, -0.2) is 9.97 Å². The Morgan fingerprint density at radius 2 is 1.88 bits per heavy atom. The average molecular weight is 319 g/mol. The molecule has 3 heterocycles. The highest BCUT2D eigenvalue weighted by Crippen LogP contribution is 2.30. The highest BCUT2D eigenvalue weighted by molar-refractivity contribution is 5.75. The van der Waals surface area contributed by atoms with Crippen molar-refractivity contribution in [3.8, 4) is 0 Å². The van der Waals surface area contributed by atoms with Gasteiger partial charge in [0.05, 0.1) is 35.3 Å². The van der Waals surface area contributed by atoms with Crippen LogP contribution >= 0.6 is 0 Å². The van der Waals surface area contributed by atoms with Crippen LogP contribution in [0.4, 0.5) is 5.82 Å². The lowest BCUT2D eigenvalue weighted by atomic mass is 10.0. The van der Waals surface area contributed by atoms with Gasteiger partial charge in [-0.2, -0.15) is 0 Å². The van der Waals surface area contributed by atoms with E-state index in [4.69, 9.17) is 4.98 Å². The van der Waals surface area contributed by atoms with Crippen LogP contribution < -0.4 is 4.90 Å². The van der Waals surface area contributed by atoms with Crippen molar-refractivity contribution in [3.63, 3.8) is 0 Å². The van der Waals surface area contributed by atoms with Gasteiger partial charge in [-0.05, 0) is 44.2 Å². The van der Waals surface area contributed by atoms with Crippen LogP contribution in [0.2, 0.25) is 0 Å². The van der Waals surface area contributed by atoms with Crippen molar-refractivity contribution in [2.75, 3.05) is 18.0 Å². The van der Waals surface area contributed by atoms with E-state index in [-0.39, 0.29) is 0 Å². The lowest BCUT2D eigenvalue weighted by Crippen LogP contribution is -2.22. The molecule has 0 amide bonds. The van der Waals surface area contributed by atoms with E-state index in [1.165, 1.54) is 30.7 Å². The monoisotopic (exact) mass is 319 g/mol. The number of nitrogens with zero attached hydrogens (tertiary/aromatic N) is 5. The van der Waals surface area contributed by atoms with E-state index in [1.54, 1.807) is 0 Å². The first-order valence-electron chi connectivity index (χ1n) is 8.90. The number of para-hydroxylation sites is 2. The maximum Gasteiger partial charge on any atom is 0.147 e. The van der Waals surface area contributed by atoms with Crippen LogP contribution in [0.3, 0.4) is 0 Å². The van der Waals surface area contributed by atoms with Crippen LogP contribution in [-0.4, -0.2) is 32.6 Å². The fourth-order valence-electron chi connectivity index (χ4n) is 4.08. The highest BCUT2D eigenvalue weighted by atomic mass is 15.3. The van der Waals surface area contributed by atoms with Gasteiger partial charge in [0, 0.05) is 18.8 Å². The summed E-state index contributed by atoms with van der Waals surface area (Å²) in [6, 6.07) is 8.57. The van der Waals surface area contributed by atoms with Crippen molar-refractivity contribution in [2.45, 2.75) is 38.1 Å². The minimum absolute atomic E-state index is 0.507. The highest BCUT2D eigenvalue weighted by Gasteiger charge is 2.28. The fraction of sp³-hybridized carbons (Fsp3) is 0.421. The molecule has 0 radical (unpaired) electrons. The molecule has 2 aromatic heterocycles. The lowest BCUT2D eigenvalue weighted by molar-refractivity contribution is 0.515. The van der Waals surface area contributed by atoms with Gasteiger partial charge >= 0.3 is 0 Å². The van der Waals surface area contributed by atoms with E-state index in [0.717, 1.165) is 42.8 Å². The number of aryl methyl sites for hydroxylation is 1. The summed E-state index contributed by atoms with van der Waals surface area (Å²) in [6.07, 6.45) is 10.0. The summed E-state index contributed by atoms with van der Waals surface area (Å²) in [7, 11) is 0. The van der Waals surface area contributed by atoms with Crippen molar-refractivity contribution in [3.05, 3.63) is 48.2 Å². The molecule has 5 nitrogen and oxygen atoms in total. The molecule has 5 heteroatoms. The Kier molecular flexibility index (Phi) is 3.25. The number of benzene rings is 1. The summed E-state index contributed by atoms with van der Waals surface area (Å²) in [4.78, 5) is 16.4. The molecule has 5 rings (SSSR count). The minimum atomic E-state index is 0.507. The Balaban J connectivity index is 1.41. The van der Waals surface area contributed by atoms with Crippen LogP contribution in [0.5, 0.6) is 0 Å². The first kappa shape index (κ1) is 14.0. The van der Waals surface area contributed by atoms with Crippen LogP contribution in [0, 0.1) is 0 Å². The first-order chi connectivity index (χ1) is 11.9. The standard InChI is InChI=1S/C19H21N5/c1-2-6-16-15(5-1)20-11-19(22-16)23-10-9-14(12-23)24-13-21-17-7-3-4-8-18(17)24/h1-2,5-6,11,13-14H,3-4,7-10,12H2. The third-order valence-corrected chi connectivity index (χ3v) is 5.38. The fourth-order valence-corrected chi connectivity index (χ4v) is 4.08. The van der Waals surface area contributed by atoms with Crippen LogP contribution in [0.25, 0.3) is 11.0 Å². The van der Waals surface area contributed by atoms with Crippen molar-refractivity contribution in [1.29, 1.82) is 0 Å². The quantitative estimate of drug-likeness (QED) is 0.728. The van der Waals surface area contributed by atoms with E-state index < -0.39 is 0 Å². The lowest BCUT2D eigenvalue weighted by Gasteiger charge is -2.20. The van der Waals surface area contributed by atoms with E-state index in [9.17, 15) is 0 Å². The molecular weight excluding hydrogens is 298 g/mol. The molecule has 1 atom stereocenters. The van der Waals surface area contributed by atoms with Gasteiger partial charge in [-0.15, -0.1) is 0 Å². The van der Waals surface area contributed by atoms with Crippen molar-refractivity contribution in [1.82, 2.24) is 19.5 Å². The predicted octanol–water partition coefficient (Wildman–Crippen LogP) is 3.16. The molecule has 0 saturated carbocycles. The number of anilines is 1. The van der Waals surface area contributed by atoms with Crippen molar-refractivity contribution in [2.24, 2.45) is 0 Å². The smallest absolute Gasteiger partial charge is 0.147 e. The zero-order valence-electron chi connectivity index (χ0n) is 13.7. The SMILES string of the molecule is c1ccc2nc(N3CCC(n4cnc5c4CCCC5)C3)cnc2c1. The summed E-state index contributed by atoms with van der Waals surface area (Å²) in [5, 5.41) is 0. The summed E-state index contributed by atoms with van der Waals surface area (Å²) >= 11 is 0. The summed E-state index contributed by atoms with van der Waals surface area (Å²) in [5.74, 6) is 0.991. The second kappa shape index (κ2) is 5.58. The Labute approximate surface area is 141 Å². The number of imidazole rings is 1. The summed E-state index contributed by atoms with van der Waals surface area (Å²) < 4.78 is 2.43. The van der Waals surface area contributed by atoms with E-state index in [1.807, 2.05) is 30.5 Å². The first-order valence-corrected chi connectivity index (χ1v) is 8.90. The van der Waals surface area contributed by atoms with Gasteiger partial charge < -0.3 is 9.47 Å². The summed E-state index contributed by atoms with van der Waals surface area (Å²) in [5.41, 5.74) is 4.72. The van der Waals surface area contributed by atoms with Crippen LogP contribution in [0.1, 0.15) is 36.7 Å². The third-order valence-electron chi connectivity index (χ3n) is 5.38. The van der Waals surface area contributed by atoms with Crippen molar-refractivity contribution >= 4 is 16.9 Å². The predicted molar refractivity (Wildman–Crippen MR) is 94.3 cm³/mol. The molecule has 122 valence electrons. The van der Waals surface area contributed by atoms with Crippen LogP contribution in [0.15, 0.2) is 36.8 Å². The van der Waals surface area contributed by atoms with Gasteiger partial charge in [0.2, 0.25) is 0 Å². The zero-order chi connectivity index (χ0) is 15.9. The molecule has 1 saturated heterocycles. The van der Waals surface area contributed by atoms with E-state index in [2.05, 4.69) is 25.8 Å². The van der Waals surface area contributed by atoms with E-state index >= 15 is 0 Å². The molecule has 0 N–H and O–H groups in total. The Hall–Kier alpha value is -2.43. The maximum atomic E-state index is 4.80. The van der Waals surface area contributed by atoms with Gasteiger partial charge in [-0.3, -0.25) is 4.98 Å². The molecule has 1 fully saturated rings. The van der Waals surface area contributed by atoms with Crippen molar-refractivity contribution < 1.29 is 0 Å². The number of fused-ring (bicyclic) bond motifs is 2. The second-order valence-electron chi connectivity index (χ2n) is 6.86. The molecule has 0 bridgehead atoms. The molecular formula is C19H21N5. The number of hydrogen-bond acceptors (Lipinski definition) is 4. The van der Waals surface area contributed by atoms with Gasteiger partial charge in [0.1, 0.15) is 5.82 Å². The van der Waals surface area contributed by atoms with Crippen LogP contribution in [-0.2, 0) is 12.8 Å². The van der Waals surface area contributed by atoms with Gasteiger partial charge in [0.25, 0.3) is 0 Å². The topological polar surface area (TPSA) is 46.8 Å². The minimum Gasteiger partial charge on any atom is -0.353 e. The molecule has 24 heavy (non-hydrogen) atoms. The molecule has 1 aliphatic heterocycles. The molecule has 1 aromatic carbocycles. The molecule has 3 aromatic rings. The maximum absolute atomic E-state index is 4.80. The Bertz CT molecular complexity index is 884. The summed E-state index contributed by atoms with van der Waals surface area (Å²) in [6.45, 7) is 2.03. The Morgan fingerprint density at radius 3 is 2.83 bits per heavy atom. The number of rotatable bonds is 2. The largest absolute Gasteiger partial charge is 0.353 e. The molecule has 2 aliphatic rings. The molecule has 1 unspecified atom stereocenters. The number of aromatic nitrogens is 4. The average Bonchev–Trinajstić information content (AvgIpc) is 3.28. The third kappa shape index (κ3) is 2.27. The second-order valence-corrected chi connectivity index (χ2v) is 6.86. The molecule has 1 aliphatic carbocycles. The normalized spacial score (nSPS) is 20.5. The number of hydrogen-bond donors (Lipinski definition) is 0. The Morgan fingerprint density at radius 1 is 1.00 bits per heavy atom. The van der Waals surface area contributed by atoms with Gasteiger partial charge in [0.15, 0.2) is 0 Å². The zero-order valence-corrected chi connectivity index (χ0v) is 13.7. The van der Waals surface area contributed by atoms with Gasteiger partial charge in [-0.1, -0.05) is 12.1 Å².